The predicted octanol–water partition coefficient (Wildman–Crippen LogP) is 1.24. The number of hydrogen-bond donors (Lipinski definition) is 2. The molecule has 0 aromatic carbocycles. The molecule has 0 aliphatic rings. The fraction of sp³-hybridized carbons (Fsp3) is 0.533. The minimum atomic E-state index is -0.172. The van der Waals surface area contributed by atoms with Crippen molar-refractivity contribution in [1.29, 1.82) is 0 Å². The fourth-order valence-electron chi connectivity index (χ4n) is 1.81. The fourth-order valence-corrected chi connectivity index (χ4v) is 1.81. The highest BCUT2D eigenvalue weighted by Crippen LogP contribution is 2.08. The highest BCUT2D eigenvalue weighted by atomic mass is 35.5. The molecular weight excluding hydrogens is 304 g/mol. The summed E-state index contributed by atoms with van der Waals surface area (Å²) in [5, 5.41) is 6.05. The van der Waals surface area contributed by atoms with Crippen molar-refractivity contribution in [2.24, 2.45) is 0 Å². The first-order valence-corrected chi connectivity index (χ1v) is 7.15. The van der Waals surface area contributed by atoms with Gasteiger partial charge in [0.25, 0.3) is 11.8 Å². The molecule has 0 fully saturated rings. The van der Waals surface area contributed by atoms with Gasteiger partial charge in [-0.25, -0.2) is 4.98 Å². The van der Waals surface area contributed by atoms with E-state index in [0.29, 0.717) is 23.5 Å². The largest absolute Gasteiger partial charge is 0.351 e. The molecule has 0 aliphatic carbocycles. The van der Waals surface area contributed by atoms with E-state index in [-0.39, 0.29) is 24.2 Å². The lowest BCUT2D eigenvalue weighted by Crippen LogP contribution is -2.32. The Morgan fingerprint density at radius 1 is 1.18 bits per heavy atom. The van der Waals surface area contributed by atoms with Crippen LogP contribution in [0.5, 0.6) is 0 Å². The maximum absolute atomic E-state index is 12.0. The molecule has 1 aromatic heterocycles. The maximum atomic E-state index is 12.0. The Hall–Kier alpha value is -1.66. The van der Waals surface area contributed by atoms with E-state index in [1.807, 2.05) is 0 Å². The number of hydrogen-bond acceptors (Lipinski definition) is 4. The number of aryl methyl sites for hydroxylation is 1. The molecule has 0 saturated heterocycles. The number of nitrogens with one attached hydrogen (secondary N) is 2. The van der Waals surface area contributed by atoms with Crippen LogP contribution in [0.3, 0.4) is 0 Å². The molecule has 22 heavy (non-hydrogen) atoms. The number of carbonyl (C=O) groups excluding carboxylic acids is 2. The molecule has 0 spiro atoms. The van der Waals surface area contributed by atoms with Gasteiger partial charge in [-0.1, -0.05) is 6.92 Å². The van der Waals surface area contributed by atoms with E-state index in [9.17, 15) is 9.59 Å². The summed E-state index contributed by atoms with van der Waals surface area (Å²) in [5.74, 6) is -0.337. The van der Waals surface area contributed by atoms with E-state index >= 15 is 0 Å². The normalized spacial score (nSPS) is 9.82. The minimum absolute atomic E-state index is 0. The first-order valence-electron chi connectivity index (χ1n) is 7.15. The summed E-state index contributed by atoms with van der Waals surface area (Å²) in [7, 11) is 3.34. The molecular formula is C15H25ClN4O2. The van der Waals surface area contributed by atoms with E-state index in [0.717, 1.165) is 19.5 Å². The lowest BCUT2D eigenvalue weighted by Gasteiger charge is -2.12. The number of rotatable bonds is 7. The van der Waals surface area contributed by atoms with Crippen molar-refractivity contribution >= 4 is 24.2 Å². The van der Waals surface area contributed by atoms with Crippen LogP contribution in [-0.2, 0) is 0 Å². The van der Waals surface area contributed by atoms with Crippen LogP contribution in [0.1, 0.15) is 39.9 Å². The third-order valence-corrected chi connectivity index (χ3v) is 2.97. The molecule has 2 N–H and O–H groups in total. The molecule has 1 rings (SSSR count). The van der Waals surface area contributed by atoms with Gasteiger partial charge >= 0.3 is 0 Å². The van der Waals surface area contributed by atoms with E-state index in [2.05, 4.69) is 22.5 Å². The number of nitrogens with zero attached hydrogens (tertiary/aromatic N) is 2. The summed E-state index contributed by atoms with van der Waals surface area (Å²) in [5.41, 5.74) is 1.40. The second-order valence-corrected chi connectivity index (χ2v) is 5.03. The summed E-state index contributed by atoms with van der Waals surface area (Å²) in [4.78, 5) is 29.5. The van der Waals surface area contributed by atoms with Crippen LogP contribution in [0, 0.1) is 6.92 Å². The first-order chi connectivity index (χ1) is 9.97. The highest BCUT2D eigenvalue weighted by Gasteiger charge is 2.14. The van der Waals surface area contributed by atoms with Gasteiger partial charge in [0.2, 0.25) is 0 Å². The maximum Gasteiger partial charge on any atom is 0.271 e. The zero-order chi connectivity index (χ0) is 15.8. The molecule has 0 aliphatic heterocycles. The Balaban J connectivity index is 0.00000441. The lowest BCUT2D eigenvalue weighted by molar-refractivity contribution is 0.0820. The summed E-state index contributed by atoms with van der Waals surface area (Å²) >= 11 is 0. The smallest absolute Gasteiger partial charge is 0.271 e. The monoisotopic (exact) mass is 328 g/mol. The summed E-state index contributed by atoms with van der Waals surface area (Å²) < 4.78 is 0. The van der Waals surface area contributed by atoms with E-state index < -0.39 is 0 Å². The lowest BCUT2D eigenvalue weighted by atomic mass is 10.1. The summed E-state index contributed by atoms with van der Waals surface area (Å²) in [6.07, 6.45) is 1.07. The molecule has 2 amide bonds. The topological polar surface area (TPSA) is 74.3 Å². The van der Waals surface area contributed by atoms with E-state index in [1.165, 1.54) is 4.90 Å². The van der Waals surface area contributed by atoms with Crippen LogP contribution in [0.2, 0.25) is 0 Å². The number of halogens is 1. The summed E-state index contributed by atoms with van der Waals surface area (Å²) in [6.45, 7) is 6.07. The Bertz CT molecular complexity index is 506. The van der Waals surface area contributed by atoms with Crippen LogP contribution in [0.15, 0.2) is 12.1 Å². The number of pyridine rings is 1. The highest BCUT2D eigenvalue weighted by molar-refractivity contribution is 5.97. The Morgan fingerprint density at radius 3 is 2.41 bits per heavy atom. The first kappa shape index (κ1) is 20.3. The van der Waals surface area contributed by atoms with Gasteiger partial charge in [-0.15, -0.1) is 12.4 Å². The van der Waals surface area contributed by atoms with Gasteiger partial charge in [0, 0.05) is 27.2 Å². The van der Waals surface area contributed by atoms with Crippen molar-refractivity contribution in [3.05, 3.63) is 29.1 Å². The predicted molar refractivity (Wildman–Crippen MR) is 89.7 cm³/mol. The molecule has 7 heteroatoms. The van der Waals surface area contributed by atoms with Crippen LogP contribution < -0.4 is 10.6 Å². The second kappa shape index (κ2) is 10.1. The number of aromatic nitrogens is 1. The van der Waals surface area contributed by atoms with Gasteiger partial charge in [0.05, 0.1) is 11.3 Å². The zero-order valence-corrected chi connectivity index (χ0v) is 14.4. The van der Waals surface area contributed by atoms with Crippen LogP contribution in [0.4, 0.5) is 0 Å². The Kier molecular flexibility index (Phi) is 9.37. The summed E-state index contributed by atoms with van der Waals surface area (Å²) in [6, 6.07) is 3.23. The third-order valence-electron chi connectivity index (χ3n) is 2.97. The van der Waals surface area contributed by atoms with Crippen molar-refractivity contribution in [2.75, 3.05) is 33.7 Å². The molecule has 0 atom stereocenters. The van der Waals surface area contributed by atoms with Crippen molar-refractivity contribution in [3.63, 3.8) is 0 Å². The molecule has 0 bridgehead atoms. The molecule has 0 saturated carbocycles. The zero-order valence-electron chi connectivity index (χ0n) is 13.6. The molecule has 1 heterocycles. The van der Waals surface area contributed by atoms with Gasteiger partial charge < -0.3 is 15.5 Å². The quantitative estimate of drug-likeness (QED) is 0.739. The standard InChI is InChI=1S/C15H24N4O2.ClH/c1-5-8-16-9-10-17-14(20)12-6-7-13(18-11(12)2)15(21)19(3)4;/h6-7,16H,5,8-10H2,1-4H3,(H,17,20);1H. The number of amides is 2. The Labute approximate surface area is 138 Å². The molecule has 124 valence electrons. The molecule has 0 radical (unpaired) electrons. The van der Waals surface area contributed by atoms with Gasteiger partial charge in [-0.3, -0.25) is 9.59 Å². The third kappa shape index (κ3) is 5.99. The van der Waals surface area contributed by atoms with Crippen molar-refractivity contribution in [3.8, 4) is 0 Å². The van der Waals surface area contributed by atoms with E-state index in [1.54, 1.807) is 33.2 Å². The average Bonchev–Trinajstić information content (AvgIpc) is 2.45. The Morgan fingerprint density at radius 2 is 1.86 bits per heavy atom. The number of carbonyl (C=O) groups is 2. The van der Waals surface area contributed by atoms with Crippen molar-refractivity contribution < 1.29 is 9.59 Å². The van der Waals surface area contributed by atoms with Gasteiger partial charge in [0.15, 0.2) is 0 Å². The van der Waals surface area contributed by atoms with E-state index in [4.69, 9.17) is 0 Å². The molecule has 6 nitrogen and oxygen atoms in total. The SMILES string of the molecule is CCCNCCNC(=O)c1ccc(C(=O)N(C)C)nc1C.Cl. The van der Waals surface area contributed by atoms with Crippen molar-refractivity contribution in [2.45, 2.75) is 20.3 Å². The minimum Gasteiger partial charge on any atom is -0.351 e. The molecule has 0 unspecified atom stereocenters. The molecule has 1 aromatic rings. The van der Waals surface area contributed by atoms with Crippen LogP contribution >= 0.6 is 12.4 Å². The van der Waals surface area contributed by atoms with Crippen molar-refractivity contribution in [1.82, 2.24) is 20.5 Å². The second-order valence-electron chi connectivity index (χ2n) is 5.03. The van der Waals surface area contributed by atoms with Crippen LogP contribution in [-0.4, -0.2) is 55.4 Å². The van der Waals surface area contributed by atoms with Gasteiger partial charge in [0.1, 0.15) is 5.69 Å². The van der Waals surface area contributed by atoms with Gasteiger partial charge in [-0.05, 0) is 32.0 Å². The van der Waals surface area contributed by atoms with Crippen LogP contribution in [0.25, 0.3) is 0 Å². The average molecular weight is 329 g/mol. The van der Waals surface area contributed by atoms with Gasteiger partial charge in [-0.2, -0.15) is 0 Å².